The molecule has 1 aromatic carbocycles. The molecule has 0 spiro atoms. The SMILES string of the molecule is CCOC(=O)C[C@@H]1CCCCN1C(=O)c1cc(COc2cccc(C(C)=O)c2)on1. The first-order valence-corrected chi connectivity index (χ1v) is 10.1. The van der Waals surface area contributed by atoms with Crippen LogP contribution in [0.3, 0.4) is 0 Å². The number of piperidine rings is 1. The van der Waals surface area contributed by atoms with Crippen molar-refractivity contribution in [2.75, 3.05) is 13.2 Å². The van der Waals surface area contributed by atoms with Gasteiger partial charge in [-0.2, -0.15) is 0 Å². The average Bonchev–Trinajstić information content (AvgIpc) is 3.21. The topological polar surface area (TPSA) is 98.9 Å². The minimum Gasteiger partial charge on any atom is -0.486 e. The van der Waals surface area contributed by atoms with Gasteiger partial charge in [0.2, 0.25) is 0 Å². The Labute approximate surface area is 175 Å². The molecule has 1 aromatic heterocycles. The molecule has 0 radical (unpaired) electrons. The summed E-state index contributed by atoms with van der Waals surface area (Å²) < 4.78 is 15.9. The van der Waals surface area contributed by atoms with Crippen LogP contribution in [0.5, 0.6) is 5.75 Å². The van der Waals surface area contributed by atoms with Gasteiger partial charge in [-0.25, -0.2) is 0 Å². The summed E-state index contributed by atoms with van der Waals surface area (Å²) in [6, 6.07) is 8.19. The zero-order valence-corrected chi connectivity index (χ0v) is 17.3. The van der Waals surface area contributed by atoms with Gasteiger partial charge in [-0.1, -0.05) is 17.3 Å². The lowest BCUT2D eigenvalue weighted by atomic mass is 9.99. The summed E-state index contributed by atoms with van der Waals surface area (Å²) >= 11 is 0. The Morgan fingerprint density at radius 2 is 2.07 bits per heavy atom. The molecule has 1 aliphatic heterocycles. The number of Topliss-reactive ketones (excluding diaryl/α,β-unsaturated/α-hetero) is 1. The van der Waals surface area contributed by atoms with E-state index in [0.717, 1.165) is 19.3 Å². The van der Waals surface area contributed by atoms with Gasteiger partial charge in [-0.15, -0.1) is 0 Å². The molecule has 2 aromatic rings. The minimum atomic E-state index is -0.302. The summed E-state index contributed by atoms with van der Waals surface area (Å²) in [6.45, 7) is 4.22. The van der Waals surface area contributed by atoms with Crippen molar-refractivity contribution in [3.05, 3.63) is 47.3 Å². The fraction of sp³-hybridized carbons (Fsp3) is 0.455. The first-order chi connectivity index (χ1) is 14.5. The number of carbonyl (C=O) groups excluding carboxylic acids is 3. The molecule has 8 nitrogen and oxygen atoms in total. The summed E-state index contributed by atoms with van der Waals surface area (Å²) in [5, 5.41) is 3.88. The summed E-state index contributed by atoms with van der Waals surface area (Å²) in [5.41, 5.74) is 0.737. The maximum atomic E-state index is 12.9. The van der Waals surface area contributed by atoms with Crippen LogP contribution in [-0.4, -0.2) is 46.9 Å². The van der Waals surface area contributed by atoms with Crippen molar-refractivity contribution in [2.24, 2.45) is 0 Å². The number of ether oxygens (including phenoxy) is 2. The molecule has 0 bridgehead atoms. The third kappa shape index (κ3) is 5.46. The number of benzene rings is 1. The molecular formula is C22H26N2O6. The molecule has 0 aliphatic carbocycles. The Bertz CT molecular complexity index is 907. The summed E-state index contributed by atoms with van der Waals surface area (Å²) in [5.74, 6) is 0.303. The second kappa shape index (κ2) is 10.0. The van der Waals surface area contributed by atoms with Crippen LogP contribution in [0.4, 0.5) is 0 Å². The highest BCUT2D eigenvalue weighted by Crippen LogP contribution is 2.23. The second-order valence-electron chi connectivity index (χ2n) is 7.21. The van der Waals surface area contributed by atoms with Gasteiger partial charge in [-0.05, 0) is 45.2 Å². The van der Waals surface area contributed by atoms with Crippen LogP contribution in [-0.2, 0) is 16.1 Å². The maximum Gasteiger partial charge on any atom is 0.307 e. The van der Waals surface area contributed by atoms with Crippen LogP contribution in [0.15, 0.2) is 34.9 Å². The van der Waals surface area contributed by atoms with Crippen molar-refractivity contribution >= 4 is 17.7 Å². The van der Waals surface area contributed by atoms with Crippen LogP contribution in [0, 0.1) is 0 Å². The monoisotopic (exact) mass is 414 g/mol. The Balaban J connectivity index is 1.62. The van der Waals surface area contributed by atoms with Crippen molar-refractivity contribution < 1.29 is 28.4 Å². The van der Waals surface area contributed by atoms with Crippen LogP contribution >= 0.6 is 0 Å². The molecule has 0 N–H and O–H groups in total. The Hall–Kier alpha value is -3.16. The van der Waals surface area contributed by atoms with Crippen molar-refractivity contribution in [1.29, 1.82) is 0 Å². The normalized spacial score (nSPS) is 16.2. The van der Waals surface area contributed by atoms with Gasteiger partial charge in [0, 0.05) is 24.2 Å². The number of amides is 1. The summed E-state index contributed by atoms with van der Waals surface area (Å²) in [6.07, 6.45) is 2.78. The van der Waals surface area contributed by atoms with E-state index in [4.69, 9.17) is 14.0 Å². The fourth-order valence-corrected chi connectivity index (χ4v) is 3.48. The van der Waals surface area contributed by atoms with E-state index >= 15 is 0 Å². The first-order valence-electron chi connectivity index (χ1n) is 10.1. The van der Waals surface area contributed by atoms with Gasteiger partial charge in [0.15, 0.2) is 17.2 Å². The molecule has 3 rings (SSSR count). The maximum absolute atomic E-state index is 12.9. The number of esters is 1. The summed E-state index contributed by atoms with van der Waals surface area (Å²) in [7, 11) is 0. The van der Waals surface area contributed by atoms with E-state index in [0.29, 0.717) is 30.2 Å². The van der Waals surface area contributed by atoms with Crippen LogP contribution in [0.1, 0.15) is 66.1 Å². The zero-order chi connectivity index (χ0) is 21.5. The van der Waals surface area contributed by atoms with Crippen molar-refractivity contribution in [2.45, 2.75) is 52.2 Å². The third-order valence-electron chi connectivity index (χ3n) is 5.00. The van der Waals surface area contributed by atoms with Gasteiger partial charge in [0.25, 0.3) is 5.91 Å². The van der Waals surface area contributed by atoms with E-state index in [1.807, 2.05) is 0 Å². The standard InChI is InChI=1S/C22H26N2O6/c1-3-28-21(26)12-17-8-4-5-10-24(17)22(27)20-13-19(30-23-20)14-29-18-9-6-7-16(11-18)15(2)25/h6-7,9,11,13,17H,3-5,8,10,12,14H2,1-2H3/t17-/m0/s1. The molecule has 2 heterocycles. The predicted molar refractivity (Wildman–Crippen MR) is 107 cm³/mol. The Morgan fingerprint density at radius 1 is 1.23 bits per heavy atom. The molecule has 1 atom stereocenters. The van der Waals surface area contributed by atoms with Gasteiger partial charge in [0.1, 0.15) is 12.4 Å². The van der Waals surface area contributed by atoms with Crippen LogP contribution in [0.25, 0.3) is 0 Å². The molecular weight excluding hydrogens is 388 g/mol. The lowest BCUT2D eigenvalue weighted by Crippen LogP contribution is -2.45. The van der Waals surface area contributed by atoms with E-state index in [1.165, 1.54) is 6.92 Å². The number of nitrogens with zero attached hydrogens (tertiary/aromatic N) is 2. The number of ketones is 1. The highest BCUT2D eigenvalue weighted by Gasteiger charge is 2.31. The van der Waals surface area contributed by atoms with E-state index in [1.54, 1.807) is 42.2 Å². The quantitative estimate of drug-likeness (QED) is 0.482. The van der Waals surface area contributed by atoms with Gasteiger partial charge >= 0.3 is 5.97 Å². The molecule has 0 saturated carbocycles. The summed E-state index contributed by atoms with van der Waals surface area (Å²) in [4.78, 5) is 38.0. The average molecular weight is 414 g/mol. The second-order valence-corrected chi connectivity index (χ2v) is 7.21. The number of rotatable bonds is 8. The van der Waals surface area contributed by atoms with E-state index in [9.17, 15) is 14.4 Å². The number of carbonyl (C=O) groups is 3. The van der Waals surface area contributed by atoms with Crippen molar-refractivity contribution in [3.63, 3.8) is 0 Å². The molecule has 1 fully saturated rings. The lowest BCUT2D eigenvalue weighted by Gasteiger charge is -2.34. The van der Waals surface area contributed by atoms with E-state index in [-0.39, 0.29) is 42.4 Å². The zero-order valence-electron chi connectivity index (χ0n) is 17.3. The Kier molecular flexibility index (Phi) is 7.21. The van der Waals surface area contributed by atoms with E-state index in [2.05, 4.69) is 5.16 Å². The number of likely N-dealkylation sites (tertiary alicyclic amines) is 1. The van der Waals surface area contributed by atoms with E-state index < -0.39 is 0 Å². The van der Waals surface area contributed by atoms with Crippen LogP contribution < -0.4 is 4.74 Å². The highest BCUT2D eigenvalue weighted by atomic mass is 16.5. The molecule has 160 valence electrons. The molecule has 8 heteroatoms. The predicted octanol–water partition coefficient (Wildman–Crippen LogP) is 3.40. The molecule has 1 aliphatic rings. The molecule has 30 heavy (non-hydrogen) atoms. The molecule has 1 saturated heterocycles. The number of hydrogen-bond acceptors (Lipinski definition) is 7. The van der Waals surface area contributed by atoms with Gasteiger partial charge < -0.3 is 18.9 Å². The number of aromatic nitrogens is 1. The fourth-order valence-electron chi connectivity index (χ4n) is 3.48. The molecule has 1 amide bonds. The molecule has 0 unspecified atom stereocenters. The van der Waals surface area contributed by atoms with Crippen LogP contribution in [0.2, 0.25) is 0 Å². The smallest absolute Gasteiger partial charge is 0.307 e. The third-order valence-corrected chi connectivity index (χ3v) is 5.00. The van der Waals surface area contributed by atoms with Crippen molar-refractivity contribution in [1.82, 2.24) is 10.1 Å². The van der Waals surface area contributed by atoms with Gasteiger partial charge in [0.05, 0.1) is 13.0 Å². The minimum absolute atomic E-state index is 0.0492. The lowest BCUT2D eigenvalue weighted by molar-refractivity contribution is -0.144. The Morgan fingerprint density at radius 3 is 2.83 bits per heavy atom. The largest absolute Gasteiger partial charge is 0.486 e. The first kappa shape index (κ1) is 21.5. The van der Waals surface area contributed by atoms with Gasteiger partial charge in [-0.3, -0.25) is 14.4 Å². The van der Waals surface area contributed by atoms with Crippen molar-refractivity contribution in [3.8, 4) is 5.75 Å². The number of hydrogen-bond donors (Lipinski definition) is 0. The highest BCUT2D eigenvalue weighted by molar-refractivity contribution is 5.94.